The van der Waals surface area contributed by atoms with Crippen molar-refractivity contribution in [3.05, 3.63) is 47.7 Å². The summed E-state index contributed by atoms with van der Waals surface area (Å²) in [7, 11) is -0.766. The molecule has 2 aromatic rings. The molecule has 1 aliphatic rings. The third-order valence-corrected chi connectivity index (χ3v) is 7.89. The smallest absolute Gasteiger partial charge is 0.258 e. The van der Waals surface area contributed by atoms with Crippen LogP contribution in [0.15, 0.2) is 42.1 Å². The number of hydrogen-bond acceptors (Lipinski definition) is 7. The predicted octanol–water partition coefficient (Wildman–Crippen LogP) is 3.70. The third-order valence-electron chi connectivity index (χ3n) is 6.67. The topological polar surface area (TPSA) is 140 Å². The van der Waals surface area contributed by atoms with Crippen molar-refractivity contribution in [2.75, 3.05) is 35.4 Å². The molecule has 0 aromatic heterocycles. The summed E-state index contributed by atoms with van der Waals surface area (Å²) in [4.78, 5) is 25.3. The maximum absolute atomic E-state index is 12.9. The minimum atomic E-state index is -3.82. The molecule has 0 unspecified atom stereocenters. The van der Waals surface area contributed by atoms with E-state index in [1.54, 1.807) is 50.2 Å². The van der Waals surface area contributed by atoms with E-state index < -0.39 is 21.5 Å². The average Bonchev–Trinajstić information content (AvgIpc) is 3.18. The van der Waals surface area contributed by atoms with E-state index in [0.29, 0.717) is 51.8 Å². The van der Waals surface area contributed by atoms with Gasteiger partial charge in [-0.15, -0.1) is 0 Å². The summed E-state index contributed by atoms with van der Waals surface area (Å²) in [5, 5.41) is 6.15. The SMILES string of the molecule is CC/C(Nc1ccc(N(C(CC)(CC)C(N)=O)S(C)(=O)=O)cc1)=C1/C(=O)Nc2cc(OC)c(OC)cc21. The highest BCUT2D eigenvalue weighted by Crippen LogP contribution is 2.42. The zero-order chi connectivity index (χ0) is 27.5. The van der Waals surface area contributed by atoms with Crippen LogP contribution in [0.5, 0.6) is 11.5 Å². The van der Waals surface area contributed by atoms with Gasteiger partial charge in [0.15, 0.2) is 11.5 Å². The Morgan fingerprint density at radius 2 is 1.62 bits per heavy atom. The molecule has 2 aromatic carbocycles. The summed E-state index contributed by atoms with van der Waals surface area (Å²) in [6.45, 7) is 5.39. The number of methoxy groups -OCH3 is 2. The van der Waals surface area contributed by atoms with Crippen molar-refractivity contribution < 1.29 is 27.5 Å². The number of allylic oxidation sites excluding steroid dienone is 1. The predicted molar refractivity (Wildman–Crippen MR) is 145 cm³/mol. The van der Waals surface area contributed by atoms with E-state index >= 15 is 0 Å². The van der Waals surface area contributed by atoms with Gasteiger partial charge < -0.3 is 25.8 Å². The van der Waals surface area contributed by atoms with Gasteiger partial charge in [0.2, 0.25) is 15.9 Å². The number of anilines is 3. The standard InChI is InChI=1S/C26H34N4O6S/c1-7-19(23-18-14-21(35-4)22(36-5)15-20(18)29-24(23)31)28-16-10-12-17(13-11-16)30(37(6,33)34)26(8-2,9-3)25(27)32/h10-15,28H,7-9H2,1-6H3,(H2,27,32)(H,29,31)/b23-19-. The second-order valence-corrected chi connectivity index (χ2v) is 10.5. The number of primary amides is 1. The third kappa shape index (κ3) is 5.08. The Balaban J connectivity index is 2.03. The van der Waals surface area contributed by atoms with Gasteiger partial charge in [0.05, 0.1) is 37.4 Å². The average molecular weight is 531 g/mol. The largest absolute Gasteiger partial charge is 0.493 e. The number of fused-ring (bicyclic) bond motifs is 1. The van der Waals surface area contributed by atoms with Gasteiger partial charge in [-0.2, -0.15) is 0 Å². The van der Waals surface area contributed by atoms with Crippen molar-refractivity contribution in [3.63, 3.8) is 0 Å². The molecular formula is C26H34N4O6S. The van der Waals surface area contributed by atoms with Gasteiger partial charge in [-0.3, -0.25) is 13.9 Å². The lowest BCUT2D eigenvalue weighted by Gasteiger charge is -2.40. The van der Waals surface area contributed by atoms with Crippen LogP contribution in [0.2, 0.25) is 0 Å². The van der Waals surface area contributed by atoms with Gasteiger partial charge >= 0.3 is 0 Å². The summed E-state index contributed by atoms with van der Waals surface area (Å²) in [6, 6.07) is 10.1. The number of nitrogens with zero attached hydrogens (tertiary/aromatic N) is 1. The minimum absolute atomic E-state index is 0.223. The Bertz CT molecular complexity index is 1330. The van der Waals surface area contributed by atoms with E-state index in [-0.39, 0.29) is 18.7 Å². The van der Waals surface area contributed by atoms with E-state index in [1.807, 2.05) is 6.92 Å². The van der Waals surface area contributed by atoms with Crippen LogP contribution in [-0.4, -0.2) is 46.2 Å². The number of nitrogens with one attached hydrogen (secondary N) is 2. The number of amides is 2. The highest BCUT2D eigenvalue weighted by molar-refractivity contribution is 7.92. The van der Waals surface area contributed by atoms with Crippen LogP contribution in [-0.2, 0) is 19.6 Å². The molecular weight excluding hydrogens is 496 g/mol. The number of nitrogens with two attached hydrogens (primary N) is 1. The van der Waals surface area contributed by atoms with Crippen molar-refractivity contribution in [2.24, 2.45) is 5.73 Å². The summed E-state index contributed by atoms with van der Waals surface area (Å²) in [6.07, 6.45) is 2.02. The van der Waals surface area contributed by atoms with Crippen LogP contribution in [0.3, 0.4) is 0 Å². The quantitative estimate of drug-likeness (QED) is 0.376. The van der Waals surface area contributed by atoms with Gasteiger partial charge in [-0.05, 0) is 49.6 Å². The van der Waals surface area contributed by atoms with Crippen molar-refractivity contribution in [1.29, 1.82) is 0 Å². The number of ether oxygens (including phenoxy) is 2. The summed E-state index contributed by atoms with van der Waals surface area (Å²) in [5.41, 5.74) is 7.71. The van der Waals surface area contributed by atoms with Crippen LogP contribution in [0, 0.1) is 0 Å². The molecule has 200 valence electrons. The number of carbonyl (C=O) groups excluding carboxylic acids is 2. The van der Waals surface area contributed by atoms with Crippen LogP contribution in [0.4, 0.5) is 17.1 Å². The molecule has 11 heteroatoms. The molecule has 1 heterocycles. The minimum Gasteiger partial charge on any atom is -0.493 e. The Morgan fingerprint density at radius 1 is 1.05 bits per heavy atom. The zero-order valence-electron chi connectivity index (χ0n) is 22.0. The van der Waals surface area contributed by atoms with Gasteiger partial charge in [-0.1, -0.05) is 20.8 Å². The molecule has 0 aliphatic carbocycles. The Labute approximate surface area is 217 Å². The first kappa shape index (κ1) is 27.9. The fourth-order valence-electron chi connectivity index (χ4n) is 4.72. The van der Waals surface area contributed by atoms with E-state index in [4.69, 9.17) is 15.2 Å². The maximum Gasteiger partial charge on any atom is 0.258 e. The molecule has 0 saturated carbocycles. The van der Waals surface area contributed by atoms with Gasteiger partial charge in [0, 0.05) is 23.0 Å². The zero-order valence-corrected chi connectivity index (χ0v) is 22.8. The number of benzene rings is 2. The first-order chi connectivity index (χ1) is 17.5. The lowest BCUT2D eigenvalue weighted by molar-refractivity contribution is -0.123. The fraction of sp³-hybridized carbons (Fsp3) is 0.385. The van der Waals surface area contributed by atoms with Gasteiger partial charge in [0.1, 0.15) is 5.54 Å². The molecule has 0 atom stereocenters. The highest BCUT2D eigenvalue weighted by Gasteiger charge is 2.44. The van der Waals surface area contributed by atoms with Crippen molar-refractivity contribution in [1.82, 2.24) is 0 Å². The lowest BCUT2D eigenvalue weighted by Crippen LogP contribution is -2.59. The summed E-state index contributed by atoms with van der Waals surface area (Å²) >= 11 is 0. The van der Waals surface area contributed by atoms with Crippen molar-refractivity contribution >= 4 is 44.5 Å². The molecule has 0 saturated heterocycles. The molecule has 2 amide bonds. The molecule has 0 fully saturated rings. The highest BCUT2D eigenvalue weighted by atomic mass is 32.2. The van der Waals surface area contributed by atoms with Crippen LogP contribution >= 0.6 is 0 Å². The summed E-state index contributed by atoms with van der Waals surface area (Å²) < 4.78 is 37.4. The molecule has 0 bridgehead atoms. The Hall–Kier alpha value is -3.73. The molecule has 10 nitrogen and oxygen atoms in total. The number of sulfonamides is 1. The van der Waals surface area contributed by atoms with Crippen LogP contribution in [0.25, 0.3) is 5.57 Å². The molecule has 0 radical (unpaired) electrons. The normalized spacial score (nSPS) is 14.5. The van der Waals surface area contributed by atoms with Crippen LogP contribution < -0.4 is 30.1 Å². The lowest BCUT2D eigenvalue weighted by atomic mass is 9.91. The Kier molecular flexibility index (Phi) is 8.06. The van der Waals surface area contributed by atoms with E-state index in [1.165, 1.54) is 14.2 Å². The number of carbonyl (C=O) groups is 2. The van der Waals surface area contributed by atoms with Crippen LogP contribution in [0.1, 0.15) is 45.6 Å². The van der Waals surface area contributed by atoms with Crippen molar-refractivity contribution in [2.45, 2.75) is 45.6 Å². The molecule has 3 rings (SSSR count). The fourth-order valence-corrected chi connectivity index (χ4v) is 6.21. The maximum atomic E-state index is 12.9. The van der Waals surface area contributed by atoms with E-state index in [0.717, 1.165) is 10.6 Å². The Morgan fingerprint density at radius 3 is 2.08 bits per heavy atom. The van der Waals surface area contributed by atoms with Gasteiger partial charge in [-0.25, -0.2) is 8.42 Å². The first-order valence-corrected chi connectivity index (χ1v) is 13.8. The second-order valence-electron chi connectivity index (χ2n) is 8.72. The molecule has 1 aliphatic heterocycles. The number of rotatable bonds is 11. The monoisotopic (exact) mass is 530 g/mol. The van der Waals surface area contributed by atoms with Gasteiger partial charge in [0.25, 0.3) is 5.91 Å². The molecule has 0 spiro atoms. The van der Waals surface area contributed by atoms with Crippen molar-refractivity contribution in [3.8, 4) is 11.5 Å². The second kappa shape index (κ2) is 10.7. The molecule has 4 N–H and O–H groups in total. The molecule has 37 heavy (non-hydrogen) atoms. The van der Waals surface area contributed by atoms with E-state index in [2.05, 4.69) is 10.6 Å². The van der Waals surface area contributed by atoms with E-state index in [9.17, 15) is 18.0 Å². The number of hydrogen-bond donors (Lipinski definition) is 3. The summed E-state index contributed by atoms with van der Waals surface area (Å²) in [5.74, 6) is 0.0412. The first-order valence-electron chi connectivity index (χ1n) is 12.0.